The van der Waals surface area contributed by atoms with Crippen LogP contribution in [-0.4, -0.2) is 38.5 Å². The van der Waals surface area contributed by atoms with E-state index in [1.807, 2.05) is 13.8 Å². The summed E-state index contributed by atoms with van der Waals surface area (Å²) in [6, 6.07) is 0. The lowest BCUT2D eigenvalue weighted by atomic mass is 10.0. The smallest absolute Gasteiger partial charge is 0.312 e. The lowest BCUT2D eigenvalue weighted by molar-refractivity contribution is -0.414. The van der Waals surface area contributed by atoms with Crippen LogP contribution in [0, 0.1) is 5.92 Å². The van der Waals surface area contributed by atoms with Crippen molar-refractivity contribution in [1.82, 2.24) is 0 Å². The molecule has 0 rings (SSSR count). The topological polar surface area (TPSA) is 36.9 Å². The van der Waals surface area contributed by atoms with Crippen LogP contribution in [0.5, 0.6) is 0 Å². The Bertz CT molecular complexity index is 291. The molecule has 21 heavy (non-hydrogen) atoms. The predicted octanol–water partition coefficient (Wildman–Crippen LogP) is 3.48. The molecule has 0 N–H and O–H groups in total. The number of hydrogen-bond acceptors (Lipinski definition) is 4. The Morgan fingerprint density at radius 2 is 1.14 bits per heavy atom. The molecular weight excluding hydrogens is 268 g/mol. The maximum atomic E-state index is 5.81. The fourth-order valence-electron chi connectivity index (χ4n) is 1.77. The van der Waals surface area contributed by atoms with Crippen molar-refractivity contribution >= 4 is 0 Å². The fourth-order valence-corrected chi connectivity index (χ4v) is 1.77. The quantitative estimate of drug-likeness (QED) is 0.363. The average molecular weight is 296 g/mol. The third kappa shape index (κ3) is 6.87. The highest BCUT2D eigenvalue weighted by Crippen LogP contribution is 2.29. The zero-order valence-corrected chi connectivity index (χ0v) is 13.3. The van der Waals surface area contributed by atoms with Gasteiger partial charge >= 0.3 is 5.97 Å². The second-order valence-electron chi connectivity index (χ2n) is 4.69. The van der Waals surface area contributed by atoms with Crippen molar-refractivity contribution in [2.45, 2.75) is 25.9 Å². The third-order valence-corrected chi connectivity index (χ3v) is 2.55. The zero-order chi connectivity index (χ0) is 16.1. The first kappa shape index (κ1) is 19.8. The zero-order valence-electron chi connectivity index (χ0n) is 13.3. The van der Waals surface area contributed by atoms with Gasteiger partial charge in [0.2, 0.25) is 0 Å². The summed E-state index contributed by atoms with van der Waals surface area (Å²) in [5.74, 6) is -1.24. The molecule has 0 spiro atoms. The first-order chi connectivity index (χ1) is 10.1. The number of hydrogen-bond donors (Lipinski definition) is 0. The summed E-state index contributed by atoms with van der Waals surface area (Å²) in [4.78, 5) is 0. The summed E-state index contributed by atoms with van der Waals surface area (Å²) in [6.45, 7) is 19.8. The molecule has 0 heterocycles. The molecule has 0 aliphatic heterocycles. The Kier molecular flexibility index (Phi) is 10.8. The van der Waals surface area contributed by atoms with Crippen molar-refractivity contribution < 1.29 is 18.9 Å². The summed E-state index contributed by atoms with van der Waals surface area (Å²) in [7, 11) is 0. The Labute approximate surface area is 128 Å². The Morgan fingerprint density at radius 1 is 0.762 bits per heavy atom. The molecule has 0 aromatic carbocycles. The van der Waals surface area contributed by atoms with Gasteiger partial charge in [0.1, 0.15) is 6.10 Å². The second-order valence-corrected chi connectivity index (χ2v) is 4.69. The average Bonchev–Trinajstić information content (AvgIpc) is 2.48. The van der Waals surface area contributed by atoms with Crippen LogP contribution in [-0.2, 0) is 18.9 Å². The van der Waals surface area contributed by atoms with Gasteiger partial charge in [0.05, 0.1) is 26.4 Å². The third-order valence-electron chi connectivity index (χ3n) is 2.55. The van der Waals surface area contributed by atoms with Gasteiger partial charge in [0.25, 0.3) is 0 Å². The molecule has 0 saturated heterocycles. The minimum Gasteiger partial charge on any atom is -0.365 e. The van der Waals surface area contributed by atoms with Gasteiger partial charge in [-0.15, -0.1) is 26.3 Å². The van der Waals surface area contributed by atoms with Crippen molar-refractivity contribution in [3.63, 3.8) is 0 Å². The van der Waals surface area contributed by atoms with Crippen LogP contribution < -0.4 is 0 Å². The Hall–Kier alpha value is -1.20. The fraction of sp³-hybridized carbons (Fsp3) is 0.529. The molecule has 0 fully saturated rings. The minimum atomic E-state index is -1.34. The first-order valence-electron chi connectivity index (χ1n) is 7.05. The van der Waals surface area contributed by atoms with E-state index in [1.165, 1.54) is 0 Å². The first-order valence-corrected chi connectivity index (χ1v) is 7.05. The van der Waals surface area contributed by atoms with Crippen LogP contribution in [0.1, 0.15) is 13.8 Å². The van der Waals surface area contributed by atoms with E-state index in [1.54, 1.807) is 24.3 Å². The van der Waals surface area contributed by atoms with Gasteiger partial charge in [-0.2, -0.15) is 0 Å². The van der Waals surface area contributed by atoms with E-state index in [2.05, 4.69) is 26.3 Å². The summed E-state index contributed by atoms with van der Waals surface area (Å²) in [5, 5.41) is 0. The van der Waals surface area contributed by atoms with E-state index in [-0.39, 0.29) is 25.7 Å². The van der Waals surface area contributed by atoms with Crippen molar-refractivity contribution in [1.29, 1.82) is 0 Å². The van der Waals surface area contributed by atoms with Crippen LogP contribution in [0.2, 0.25) is 0 Å². The van der Waals surface area contributed by atoms with E-state index in [0.717, 1.165) is 0 Å². The van der Waals surface area contributed by atoms with E-state index in [0.29, 0.717) is 6.61 Å². The van der Waals surface area contributed by atoms with Crippen LogP contribution in [0.3, 0.4) is 0 Å². The molecule has 0 bridgehead atoms. The lowest BCUT2D eigenvalue weighted by Gasteiger charge is -2.40. The summed E-state index contributed by atoms with van der Waals surface area (Å²) in [6.07, 6.45) is 6.14. The van der Waals surface area contributed by atoms with E-state index in [9.17, 15) is 0 Å². The van der Waals surface area contributed by atoms with E-state index in [4.69, 9.17) is 18.9 Å². The highest BCUT2D eigenvalue weighted by Gasteiger charge is 2.45. The number of rotatable bonds is 14. The van der Waals surface area contributed by atoms with Crippen molar-refractivity contribution in [2.24, 2.45) is 5.92 Å². The molecule has 0 aromatic rings. The molecule has 1 atom stereocenters. The van der Waals surface area contributed by atoms with Gasteiger partial charge in [-0.05, 0) is 5.92 Å². The molecule has 120 valence electrons. The summed E-state index contributed by atoms with van der Waals surface area (Å²) >= 11 is 0. The molecule has 0 amide bonds. The van der Waals surface area contributed by atoms with Crippen molar-refractivity contribution in [3.8, 4) is 0 Å². The summed E-state index contributed by atoms with van der Waals surface area (Å²) in [5.41, 5.74) is 0. The minimum absolute atomic E-state index is 0.101. The molecule has 4 heteroatoms. The Balaban J connectivity index is 5.36. The van der Waals surface area contributed by atoms with Gasteiger partial charge < -0.3 is 18.9 Å². The maximum Gasteiger partial charge on any atom is 0.312 e. The molecule has 0 aromatic heterocycles. The molecule has 4 nitrogen and oxygen atoms in total. The molecule has 1 unspecified atom stereocenters. The standard InChI is InChI=1S/C17H28O4/c1-7-11-18-16(15(5)6)17(19-12-8-2,20-13-9-3)21-14-10-4/h7-10,15-16H,1-4,11-14H2,5-6H3. The second kappa shape index (κ2) is 11.5. The monoisotopic (exact) mass is 296 g/mol. The highest BCUT2D eigenvalue weighted by molar-refractivity contribution is 4.82. The molecule has 0 aliphatic rings. The van der Waals surface area contributed by atoms with E-state index < -0.39 is 12.1 Å². The van der Waals surface area contributed by atoms with Crippen LogP contribution in [0.25, 0.3) is 0 Å². The van der Waals surface area contributed by atoms with Crippen molar-refractivity contribution in [2.75, 3.05) is 26.4 Å². The highest BCUT2D eigenvalue weighted by atomic mass is 16.9. The largest absolute Gasteiger partial charge is 0.365 e. The van der Waals surface area contributed by atoms with Crippen LogP contribution >= 0.6 is 0 Å². The van der Waals surface area contributed by atoms with Gasteiger partial charge in [-0.3, -0.25) is 0 Å². The van der Waals surface area contributed by atoms with E-state index >= 15 is 0 Å². The van der Waals surface area contributed by atoms with Gasteiger partial charge in [0.15, 0.2) is 0 Å². The van der Waals surface area contributed by atoms with Gasteiger partial charge in [-0.1, -0.05) is 38.2 Å². The Morgan fingerprint density at radius 3 is 1.43 bits per heavy atom. The predicted molar refractivity (Wildman–Crippen MR) is 86.0 cm³/mol. The molecule has 0 aliphatic carbocycles. The molecule has 0 radical (unpaired) electrons. The van der Waals surface area contributed by atoms with Crippen molar-refractivity contribution in [3.05, 3.63) is 50.6 Å². The van der Waals surface area contributed by atoms with Crippen LogP contribution in [0.15, 0.2) is 50.6 Å². The summed E-state index contributed by atoms with van der Waals surface area (Å²) < 4.78 is 23.2. The maximum absolute atomic E-state index is 5.81. The molecule has 0 saturated carbocycles. The van der Waals surface area contributed by atoms with Gasteiger partial charge in [0, 0.05) is 0 Å². The van der Waals surface area contributed by atoms with Crippen LogP contribution in [0.4, 0.5) is 0 Å². The SMILES string of the molecule is C=CCOC(C(C)C)C(OCC=C)(OCC=C)OCC=C. The lowest BCUT2D eigenvalue weighted by Crippen LogP contribution is -2.53. The molecular formula is C17H28O4. The number of ether oxygens (including phenoxy) is 4. The normalized spacial score (nSPS) is 12.9. The van der Waals surface area contributed by atoms with Gasteiger partial charge in [-0.25, -0.2) is 0 Å².